The maximum absolute atomic E-state index is 11.5. The van der Waals surface area contributed by atoms with Gasteiger partial charge in [0.25, 0.3) is 0 Å². The van der Waals surface area contributed by atoms with Crippen molar-refractivity contribution in [1.82, 2.24) is 14.8 Å². The first-order valence-electron chi connectivity index (χ1n) is 5.14. The van der Waals surface area contributed by atoms with Gasteiger partial charge in [-0.05, 0) is 18.8 Å². The molecule has 0 saturated heterocycles. The van der Waals surface area contributed by atoms with Gasteiger partial charge in [-0.1, -0.05) is 20.8 Å². The van der Waals surface area contributed by atoms with Crippen LogP contribution in [0.15, 0.2) is 4.79 Å². The van der Waals surface area contributed by atoms with Crippen LogP contribution in [0, 0.1) is 5.92 Å². The smallest absolute Gasteiger partial charge is 0.278 e. The summed E-state index contributed by atoms with van der Waals surface area (Å²) in [6.07, 6.45) is 2.50. The Hall–Kier alpha value is -1.06. The van der Waals surface area contributed by atoms with Gasteiger partial charge in [-0.2, -0.15) is 5.10 Å². The Morgan fingerprint density at radius 1 is 1.50 bits per heavy atom. The second kappa shape index (κ2) is 2.97. The lowest BCUT2D eigenvalue weighted by Crippen LogP contribution is -2.25. The Kier molecular flexibility index (Phi) is 2.01. The number of nitrogens with zero attached hydrogens (tertiary/aromatic N) is 2. The predicted molar refractivity (Wildman–Crippen MR) is 54.3 cm³/mol. The van der Waals surface area contributed by atoms with Crippen LogP contribution < -0.4 is 5.69 Å². The minimum absolute atomic E-state index is 0.0615. The van der Waals surface area contributed by atoms with Crippen LogP contribution in [-0.2, 0) is 12.0 Å². The third kappa shape index (κ3) is 1.74. The number of hydrogen-bond donors (Lipinski definition) is 1. The molecule has 1 fully saturated rings. The van der Waals surface area contributed by atoms with E-state index in [1.807, 2.05) is 0 Å². The van der Waals surface area contributed by atoms with E-state index in [0.29, 0.717) is 5.92 Å². The normalized spacial score (nSPS) is 17.4. The lowest BCUT2D eigenvalue weighted by Gasteiger charge is -2.17. The van der Waals surface area contributed by atoms with E-state index in [-0.39, 0.29) is 11.1 Å². The fourth-order valence-corrected chi connectivity index (χ4v) is 1.62. The third-order valence-electron chi connectivity index (χ3n) is 2.57. The van der Waals surface area contributed by atoms with Gasteiger partial charge in [0.2, 0.25) is 0 Å². The molecule has 1 aliphatic rings. The molecule has 0 atom stereocenters. The number of H-pyrrole nitrogens is 1. The van der Waals surface area contributed by atoms with Crippen LogP contribution in [0.4, 0.5) is 0 Å². The highest BCUT2D eigenvalue weighted by atomic mass is 16.1. The van der Waals surface area contributed by atoms with Crippen LogP contribution in [0.25, 0.3) is 0 Å². The molecule has 0 unspecified atom stereocenters. The van der Waals surface area contributed by atoms with Crippen LogP contribution >= 0.6 is 0 Å². The zero-order valence-corrected chi connectivity index (χ0v) is 9.00. The highest BCUT2D eigenvalue weighted by molar-refractivity contribution is 5.02. The molecule has 1 saturated carbocycles. The molecule has 14 heavy (non-hydrogen) atoms. The van der Waals surface area contributed by atoms with Crippen molar-refractivity contribution >= 4 is 0 Å². The van der Waals surface area contributed by atoms with Gasteiger partial charge in [-0.15, -0.1) is 0 Å². The van der Waals surface area contributed by atoms with E-state index in [0.717, 1.165) is 12.4 Å². The molecule has 1 aromatic heterocycles. The first kappa shape index (κ1) is 9.49. The van der Waals surface area contributed by atoms with Crippen molar-refractivity contribution in [2.75, 3.05) is 0 Å². The Bertz CT molecular complexity index is 379. The Morgan fingerprint density at radius 3 is 2.64 bits per heavy atom. The minimum Gasteiger partial charge on any atom is -0.278 e. The van der Waals surface area contributed by atoms with E-state index in [1.165, 1.54) is 12.8 Å². The molecule has 0 radical (unpaired) electrons. The number of rotatable bonds is 2. The van der Waals surface area contributed by atoms with E-state index in [1.54, 1.807) is 4.57 Å². The quantitative estimate of drug-likeness (QED) is 0.772. The van der Waals surface area contributed by atoms with Crippen LogP contribution in [0.1, 0.15) is 39.4 Å². The van der Waals surface area contributed by atoms with Crippen molar-refractivity contribution in [3.05, 3.63) is 16.3 Å². The summed E-state index contributed by atoms with van der Waals surface area (Å²) in [5, 5.41) is 6.63. The molecule has 0 spiro atoms. The molecule has 4 heteroatoms. The van der Waals surface area contributed by atoms with Crippen molar-refractivity contribution in [3.8, 4) is 0 Å². The molecular formula is C10H17N3O. The highest BCUT2D eigenvalue weighted by Gasteiger charge is 2.27. The SMILES string of the molecule is CC(C)(C)c1n[nH]c(=O)n1CC1CC1. The summed E-state index contributed by atoms with van der Waals surface area (Å²) in [6, 6.07) is 0. The van der Waals surface area contributed by atoms with E-state index >= 15 is 0 Å². The lowest BCUT2D eigenvalue weighted by molar-refractivity contribution is 0.478. The van der Waals surface area contributed by atoms with Gasteiger partial charge in [0.05, 0.1) is 0 Å². The van der Waals surface area contributed by atoms with E-state index in [2.05, 4.69) is 31.0 Å². The molecule has 78 valence electrons. The molecule has 0 amide bonds. The summed E-state index contributed by atoms with van der Waals surface area (Å²) in [4.78, 5) is 11.5. The molecule has 0 aromatic carbocycles. The number of nitrogens with one attached hydrogen (secondary N) is 1. The fraction of sp³-hybridized carbons (Fsp3) is 0.800. The first-order valence-corrected chi connectivity index (χ1v) is 5.14. The molecule has 2 rings (SSSR count). The van der Waals surface area contributed by atoms with Crippen molar-refractivity contribution in [2.24, 2.45) is 5.92 Å². The summed E-state index contributed by atoms with van der Waals surface area (Å²) < 4.78 is 1.79. The Balaban J connectivity index is 2.34. The second-order valence-corrected chi connectivity index (χ2v) is 5.16. The molecular weight excluding hydrogens is 178 g/mol. The Morgan fingerprint density at radius 2 is 2.14 bits per heavy atom. The Labute approximate surface area is 83.3 Å². The molecule has 1 aromatic rings. The third-order valence-corrected chi connectivity index (χ3v) is 2.57. The molecule has 0 bridgehead atoms. The maximum Gasteiger partial charge on any atom is 0.343 e. The van der Waals surface area contributed by atoms with Crippen LogP contribution in [0.5, 0.6) is 0 Å². The summed E-state index contributed by atoms with van der Waals surface area (Å²) in [6.45, 7) is 7.06. The van der Waals surface area contributed by atoms with Gasteiger partial charge in [0, 0.05) is 12.0 Å². The van der Waals surface area contributed by atoms with Gasteiger partial charge < -0.3 is 0 Å². The standard InChI is InChI=1S/C10H17N3O/c1-10(2,3)8-11-12-9(14)13(8)6-7-4-5-7/h7H,4-6H2,1-3H3,(H,12,14). The van der Waals surface area contributed by atoms with Crippen LogP contribution in [0.3, 0.4) is 0 Å². The summed E-state index contributed by atoms with van der Waals surface area (Å²) in [5.74, 6) is 1.57. The molecule has 1 N–H and O–H groups in total. The van der Waals surface area contributed by atoms with Gasteiger partial charge in [0.1, 0.15) is 5.82 Å². The second-order valence-electron chi connectivity index (χ2n) is 5.16. The predicted octanol–water partition coefficient (Wildman–Crippen LogP) is 1.28. The van der Waals surface area contributed by atoms with E-state index < -0.39 is 0 Å². The van der Waals surface area contributed by atoms with Crippen molar-refractivity contribution in [1.29, 1.82) is 0 Å². The van der Waals surface area contributed by atoms with Gasteiger partial charge >= 0.3 is 5.69 Å². The maximum atomic E-state index is 11.5. The summed E-state index contributed by atoms with van der Waals surface area (Å²) in [5.41, 5.74) is -0.129. The lowest BCUT2D eigenvalue weighted by atomic mass is 9.95. The topological polar surface area (TPSA) is 50.7 Å². The summed E-state index contributed by atoms with van der Waals surface area (Å²) in [7, 11) is 0. The largest absolute Gasteiger partial charge is 0.343 e. The average molecular weight is 195 g/mol. The zero-order valence-electron chi connectivity index (χ0n) is 9.00. The zero-order chi connectivity index (χ0) is 10.3. The van der Waals surface area contributed by atoms with Gasteiger partial charge in [-0.3, -0.25) is 4.57 Å². The fourth-order valence-electron chi connectivity index (χ4n) is 1.62. The van der Waals surface area contributed by atoms with Gasteiger partial charge in [-0.25, -0.2) is 9.89 Å². The van der Waals surface area contributed by atoms with Crippen LogP contribution in [-0.4, -0.2) is 14.8 Å². The monoisotopic (exact) mass is 195 g/mol. The average Bonchev–Trinajstić information content (AvgIpc) is 2.76. The number of aromatic amines is 1. The van der Waals surface area contributed by atoms with E-state index in [4.69, 9.17) is 0 Å². The molecule has 1 aliphatic carbocycles. The van der Waals surface area contributed by atoms with Crippen molar-refractivity contribution in [2.45, 2.75) is 45.6 Å². The van der Waals surface area contributed by atoms with Crippen LogP contribution in [0.2, 0.25) is 0 Å². The first-order chi connectivity index (χ1) is 6.48. The molecule has 4 nitrogen and oxygen atoms in total. The summed E-state index contributed by atoms with van der Waals surface area (Å²) >= 11 is 0. The van der Waals surface area contributed by atoms with Crippen molar-refractivity contribution in [3.63, 3.8) is 0 Å². The minimum atomic E-state index is -0.0678. The van der Waals surface area contributed by atoms with E-state index in [9.17, 15) is 4.79 Å². The van der Waals surface area contributed by atoms with Gasteiger partial charge in [0.15, 0.2) is 0 Å². The number of hydrogen-bond acceptors (Lipinski definition) is 2. The number of aromatic nitrogens is 3. The highest BCUT2D eigenvalue weighted by Crippen LogP contribution is 2.31. The molecule has 1 heterocycles. The van der Waals surface area contributed by atoms with Crippen molar-refractivity contribution < 1.29 is 0 Å². The molecule has 0 aliphatic heterocycles.